The summed E-state index contributed by atoms with van der Waals surface area (Å²) in [6.45, 7) is 4.92. The molecule has 90 valence electrons. The highest BCUT2D eigenvalue weighted by Crippen LogP contribution is 2.12. The van der Waals surface area contributed by atoms with E-state index in [2.05, 4.69) is 20.3 Å². The maximum atomic E-state index is 5.28. The summed E-state index contributed by atoms with van der Waals surface area (Å²) in [5.41, 5.74) is 0.863. The van der Waals surface area contributed by atoms with E-state index in [9.17, 15) is 0 Å². The van der Waals surface area contributed by atoms with Gasteiger partial charge in [0.15, 0.2) is 6.39 Å². The molecule has 6 nitrogen and oxygen atoms in total. The average molecular weight is 234 g/mol. The number of aryl methyl sites for hydroxylation is 1. The van der Waals surface area contributed by atoms with Crippen molar-refractivity contribution in [1.29, 1.82) is 0 Å². The molecule has 0 aromatic carbocycles. The van der Waals surface area contributed by atoms with E-state index in [1.54, 1.807) is 6.07 Å². The van der Waals surface area contributed by atoms with Crippen molar-refractivity contribution in [2.75, 3.05) is 11.9 Å². The van der Waals surface area contributed by atoms with Crippen molar-refractivity contribution in [3.63, 3.8) is 0 Å². The van der Waals surface area contributed by atoms with Crippen molar-refractivity contribution in [1.82, 2.24) is 15.0 Å². The van der Waals surface area contributed by atoms with Crippen molar-refractivity contribution in [3.05, 3.63) is 30.2 Å². The standard InChI is InChI=1S/C11H14N4O2/c1-3-16-11-4-10(13-6-14-11)12-5-9-8(2)17-7-15-9/h4,6-7H,3,5H2,1-2H3,(H,12,13,14). The summed E-state index contributed by atoms with van der Waals surface area (Å²) in [6, 6.07) is 1.75. The van der Waals surface area contributed by atoms with Gasteiger partial charge >= 0.3 is 0 Å². The quantitative estimate of drug-likeness (QED) is 0.850. The molecule has 0 unspecified atom stereocenters. The number of rotatable bonds is 5. The molecule has 0 aliphatic heterocycles. The second-order valence-corrected chi connectivity index (χ2v) is 3.38. The molecule has 17 heavy (non-hydrogen) atoms. The van der Waals surface area contributed by atoms with E-state index >= 15 is 0 Å². The summed E-state index contributed by atoms with van der Waals surface area (Å²) in [5.74, 6) is 2.06. The first-order valence-corrected chi connectivity index (χ1v) is 5.37. The van der Waals surface area contributed by atoms with Crippen molar-refractivity contribution >= 4 is 5.82 Å². The second kappa shape index (κ2) is 5.29. The van der Waals surface area contributed by atoms with E-state index in [1.807, 2.05) is 13.8 Å². The van der Waals surface area contributed by atoms with Gasteiger partial charge in [-0.3, -0.25) is 0 Å². The molecule has 2 heterocycles. The van der Waals surface area contributed by atoms with Crippen LogP contribution in [0, 0.1) is 6.92 Å². The Bertz CT molecular complexity index is 484. The van der Waals surface area contributed by atoms with Gasteiger partial charge < -0.3 is 14.5 Å². The normalized spacial score (nSPS) is 10.2. The Hall–Kier alpha value is -2.11. The van der Waals surface area contributed by atoms with E-state index in [-0.39, 0.29) is 0 Å². The van der Waals surface area contributed by atoms with Crippen LogP contribution in [0.4, 0.5) is 5.82 Å². The molecule has 6 heteroatoms. The molecule has 2 rings (SSSR count). The minimum Gasteiger partial charge on any atom is -0.478 e. The summed E-state index contributed by atoms with van der Waals surface area (Å²) < 4.78 is 10.4. The van der Waals surface area contributed by atoms with Gasteiger partial charge in [-0.15, -0.1) is 0 Å². The lowest BCUT2D eigenvalue weighted by Crippen LogP contribution is -2.04. The smallest absolute Gasteiger partial charge is 0.218 e. The third-order valence-electron chi connectivity index (χ3n) is 2.22. The number of hydrogen-bond donors (Lipinski definition) is 1. The lowest BCUT2D eigenvalue weighted by Gasteiger charge is -2.05. The van der Waals surface area contributed by atoms with E-state index in [0.29, 0.717) is 24.8 Å². The monoisotopic (exact) mass is 234 g/mol. The van der Waals surface area contributed by atoms with Gasteiger partial charge in [-0.05, 0) is 13.8 Å². The molecule has 0 aliphatic carbocycles. The molecule has 1 N–H and O–H groups in total. The summed E-state index contributed by atoms with van der Waals surface area (Å²) in [5, 5.41) is 3.13. The van der Waals surface area contributed by atoms with Gasteiger partial charge in [0.2, 0.25) is 5.88 Å². The second-order valence-electron chi connectivity index (χ2n) is 3.38. The number of oxazole rings is 1. The topological polar surface area (TPSA) is 73.1 Å². The summed E-state index contributed by atoms with van der Waals surface area (Å²) in [6.07, 6.45) is 2.89. The van der Waals surface area contributed by atoms with Gasteiger partial charge in [0, 0.05) is 6.07 Å². The van der Waals surface area contributed by atoms with Crippen LogP contribution in [-0.2, 0) is 6.54 Å². The molecule has 0 atom stereocenters. The molecular weight excluding hydrogens is 220 g/mol. The van der Waals surface area contributed by atoms with E-state index in [4.69, 9.17) is 9.15 Å². The van der Waals surface area contributed by atoms with Crippen LogP contribution in [-0.4, -0.2) is 21.6 Å². The SMILES string of the molecule is CCOc1cc(NCc2ncoc2C)ncn1. The van der Waals surface area contributed by atoms with Crippen LogP contribution in [0.2, 0.25) is 0 Å². The number of nitrogens with one attached hydrogen (secondary N) is 1. The highest BCUT2D eigenvalue weighted by atomic mass is 16.5. The number of anilines is 1. The van der Waals surface area contributed by atoms with Crippen molar-refractivity contribution in [2.24, 2.45) is 0 Å². The zero-order chi connectivity index (χ0) is 12.1. The minimum absolute atomic E-state index is 0.557. The summed E-state index contributed by atoms with van der Waals surface area (Å²) in [4.78, 5) is 12.2. The van der Waals surface area contributed by atoms with Gasteiger partial charge in [-0.2, -0.15) is 0 Å². The molecule has 0 saturated carbocycles. The van der Waals surface area contributed by atoms with E-state index in [1.165, 1.54) is 12.7 Å². The largest absolute Gasteiger partial charge is 0.478 e. The molecule has 0 aliphatic rings. The first-order valence-electron chi connectivity index (χ1n) is 5.37. The third-order valence-corrected chi connectivity index (χ3v) is 2.22. The Morgan fingerprint density at radius 3 is 2.94 bits per heavy atom. The lowest BCUT2D eigenvalue weighted by molar-refractivity contribution is 0.326. The van der Waals surface area contributed by atoms with Crippen molar-refractivity contribution in [2.45, 2.75) is 20.4 Å². The molecule has 0 spiro atoms. The van der Waals surface area contributed by atoms with Crippen LogP contribution in [0.1, 0.15) is 18.4 Å². The fourth-order valence-corrected chi connectivity index (χ4v) is 1.34. The summed E-state index contributed by atoms with van der Waals surface area (Å²) >= 11 is 0. The average Bonchev–Trinajstić information content (AvgIpc) is 2.73. The molecular formula is C11H14N4O2. The maximum Gasteiger partial charge on any atom is 0.218 e. The molecule has 0 fully saturated rings. The Morgan fingerprint density at radius 2 is 2.24 bits per heavy atom. The van der Waals surface area contributed by atoms with Crippen LogP contribution in [0.5, 0.6) is 5.88 Å². The number of nitrogens with zero attached hydrogens (tertiary/aromatic N) is 3. The number of ether oxygens (including phenoxy) is 1. The Labute approximate surface area is 99.1 Å². The fraction of sp³-hybridized carbons (Fsp3) is 0.364. The van der Waals surface area contributed by atoms with Gasteiger partial charge in [-0.25, -0.2) is 15.0 Å². The van der Waals surface area contributed by atoms with Crippen LogP contribution in [0.3, 0.4) is 0 Å². The van der Waals surface area contributed by atoms with Crippen LogP contribution < -0.4 is 10.1 Å². The van der Waals surface area contributed by atoms with Gasteiger partial charge in [0.05, 0.1) is 13.2 Å². The Balaban J connectivity index is 1.99. The summed E-state index contributed by atoms with van der Waals surface area (Å²) in [7, 11) is 0. The number of hydrogen-bond acceptors (Lipinski definition) is 6. The Kier molecular flexibility index (Phi) is 3.54. The highest BCUT2D eigenvalue weighted by molar-refractivity contribution is 5.37. The Morgan fingerprint density at radius 1 is 1.35 bits per heavy atom. The van der Waals surface area contributed by atoms with Gasteiger partial charge in [-0.1, -0.05) is 0 Å². The predicted molar refractivity (Wildman–Crippen MR) is 61.8 cm³/mol. The molecule has 2 aromatic heterocycles. The van der Waals surface area contributed by atoms with Crippen LogP contribution in [0.25, 0.3) is 0 Å². The van der Waals surface area contributed by atoms with Crippen molar-refractivity contribution in [3.8, 4) is 5.88 Å². The van der Waals surface area contributed by atoms with Crippen LogP contribution in [0.15, 0.2) is 23.2 Å². The zero-order valence-corrected chi connectivity index (χ0v) is 9.80. The fourth-order valence-electron chi connectivity index (χ4n) is 1.34. The molecule has 0 radical (unpaired) electrons. The predicted octanol–water partition coefficient (Wildman–Crippen LogP) is 1.78. The van der Waals surface area contributed by atoms with Gasteiger partial charge in [0.1, 0.15) is 23.6 Å². The number of aromatic nitrogens is 3. The van der Waals surface area contributed by atoms with E-state index < -0.39 is 0 Å². The van der Waals surface area contributed by atoms with Gasteiger partial charge in [0.25, 0.3) is 0 Å². The zero-order valence-electron chi connectivity index (χ0n) is 9.80. The lowest BCUT2D eigenvalue weighted by atomic mass is 10.3. The van der Waals surface area contributed by atoms with Crippen LogP contribution >= 0.6 is 0 Å². The molecule has 0 saturated heterocycles. The molecule has 2 aromatic rings. The highest BCUT2D eigenvalue weighted by Gasteiger charge is 2.04. The maximum absolute atomic E-state index is 5.28. The third kappa shape index (κ3) is 2.93. The first kappa shape index (κ1) is 11.4. The first-order chi connectivity index (χ1) is 8.29. The molecule has 0 amide bonds. The van der Waals surface area contributed by atoms with Crippen molar-refractivity contribution < 1.29 is 9.15 Å². The van der Waals surface area contributed by atoms with E-state index in [0.717, 1.165) is 11.5 Å². The molecule has 0 bridgehead atoms. The minimum atomic E-state index is 0.557.